The summed E-state index contributed by atoms with van der Waals surface area (Å²) in [7, 11) is 0. The Morgan fingerprint density at radius 2 is 0.889 bits per heavy atom. The molecule has 0 heterocycles. The average Bonchev–Trinajstić information content (AvgIpc) is 2.65. The van der Waals surface area contributed by atoms with Crippen LogP contribution in [0, 0.1) is 0 Å². The lowest BCUT2D eigenvalue weighted by Crippen LogP contribution is -2.50. The van der Waals surface area contributed by atoms with Crippen molar-refractivity contribution in [1.29, 1.82) is 0 Å². The van der Waals surface area contributed by atoms with E-state index in [4.69, 9.17) is 5.11 Å². The van der Waals surface area contributed by atoms with Crippen LogP contribution < -0.4 is 0 Å². The Kier molecular flexibility index (Phi) is 18.4. The molecule has 162 valence electrons. The number of aliphatic carboxylic acids is 1. The van der Waals surface area contributed by atoms with E-state index in [9.17, 15) is 4.79 Å². The Balaban J connectivity index is 4.68. The van der Waals surface area contributed by atoms with Crippen molar-refractivity contribution < 1.29 is 14.4 Å². The van der Waals surface area contributed by atoms with E-state index in [-0.39, 0.29) is 0 Å². The molecular weight excluding hydrogens is 334 g/mol. The number of hydrogen-bond acceptors (Lipinski definition) is 1. The van der Waals surface area contributed by atoms with Crippen molar-refractivity contribution in [2.45, 2.75) is 124 Å². The van der Waals surface area contributed by atoms with E-state index in [1.165, 1.54) is 114 Å². The van der Waals surface area contributed by atoms with E-state index in [1.807, 2.05) is 0 Å². The number of carboxylic acids is 1. The Hall–Kier alpha value is -0.570. The smallest absolute Gasteiger partial charge is 0.303 e. The molecule has 0 radical (unpaired) electrons. The molecule has 0 bridgehead atoms. The topological polar surface area (TPSA) is 37.3 Å². The maximum absolute atomic E-state index is 10.8. The maximum atomic E-state index is 10.8. The van der Waals surface area contributed by atoms with Crippen molar-refractivity contribution in [2.75, 3.05) is 26.2 Å². The molecular formula is C24H50NO2+. The van der Waals surface area contributed by atoms with Gasteiger partial charge in [0.1, 0.15) is 0 Å². The molecule has 0 atom stereocenters. The quantitative estimate of drug-likeness (QED) is 0.168. The Labute approximate surface area is 170 Å². The van der Waals surface area contributed by atoms with Crippen LogP contribution in [0.15, 0.2) is 0 Å². The minimum atomic E-state index is -0.644. The summed E-state index contributed by atoms with van der Waals surface area (Å²) >= 11 is 0. The van der Waals surface area contributed by atoms with Gasteiger partial charge in [0.2, 0.25) is 0 Å². The number of unbranched alkanes of at least 4 members (excludes halogenated alkanes) is 11. The van der Waals surface area contributed by atoms with E-state index >= 15 is 0 Å². The van der Waals surface area contributed by atoms with Gasteiger partial charge in [-0.15, -0.1) is 0 Å². The lowest BCUT2D eigenvalue weighted by Gasteiger charge is -2.39. The van der Waals surface area contributed by atoms with Gasteiger partial charge in [-0.25, -0.2) is 0 Å². The van der Waals surface area contributed by atoms with Crippen molar-refractivity contribution in [2.24, 2.45) is 0 Å². The van der Waals surface area contributed by atoms with Gasteiger partial charge in [0, 0.05) is 6.42 Å². The van der Waals surface area contributed by atoms with E-state index in [0.717, 1.165) is 12.8 Å². The van der Waals surface area contributed by atoms with Crippen molar-refractivity contribution in [3.8, 4) is 0 Å². The first kappa shape index (κ1) is 26.4. The lowest BCUT2D eigenvalue weighted by atomic mass is 10.1. The monoisotopic (exact) mass is 384 g/mol. The first-order valence-electron chi connectivity index (χ1n) is 12.2. The first-order valence-corrected chi connectivity index (χ1v) is 12.2. The number of hydrogen-bond donors (Lipinski definition) is 1. The zero-order chi connectivity index (χ0) is 20.2. The van der Waals surface area contributed by atoms with E-state index < -0.39 is 5.97 Å². The summed E-state index contributed by atoms with van der Waals surface area (Å²) in [5.41, 5.74) is 0. The molecule has 0 amide bonds. The normalized spacial score (nSPS) is 11.8. The molecule has 0 aromatic rings. The molecule has 0 aliphatic carbocycles. The van der Waals surface area contributed by atoms with Crippen LogP contribution in [0.3, 0.4) is 0 Å². The van der Waals surface area contributed by atoms with Gasteiger partial charge in [0.15, 0.2) is 0 Å². The molecule has 0 aromatic carbocycles. The predicted molar refractivity (Wildman–Crippen MR) is 118 cm³/mol. The molecule has 3 nitrogen and oxygen atoms in total. The Bertz CT molecular complexity index is 299. The van der Waals surface area contributed by atoms with Crippen LogP contribution in [0.25, 0.3) is 0 Å². The molecule has 0 aromatic heterocycles. The fraction of sp³-hybridized carbons (Fsp3) is 0.958. The van der Waals surface area contributed by atoms with Gasteiger partial charge in [-0.2, -0.15) is 0 Å². The number of quaternary nitrogens is 1. The number of rotatable bonds is 21. The third-order valence-electron chi connectivity index (χ3n) is 5.98. The molecule has 0 spiro atoms. The molecule has 0 saturated heterocycles. The highest BCUT2D eigenvalue weighted by molar-refractivity contribution is 5.66. The highest BCUT2D eigenvalue weighted by atomic mass is 16.4. The molecule has 0 aliphatic rings. The van der Waals surface area contributed by atoms with Crippen molar-refractivity contribution in [3.05, 3.63) is 0 Å². The molecule has 3 heteroatoms. The lowest BCUT2D eigenvalue weighted by molar-refractivity contribution is -0.929. The number of carbonyl (C=O) groups is 1. The largest absolute Gasteiger partial charge is 0.481 e. The maximum Gasteiger partial charge on any atom is 0.303 e. The zero-order valence-corrected chi connectivity index (χ0v) is 18.9. The van der Waals surface area contributed by atoms with Crippen LogP contribution in [-0.2, 0) is 4.79 Å². The summed E-state index contributed by atoms with van der Waals surface area (Å²) in [6.07, 6.45) is 19.7. The SMILES string of the molecule is CCCCCC[N+](CCCCCC)(CCCCCC)CCCCCC(=O)O. The summed E-state index contributed by atoms with van der Waals surface area (Å²) < 4.78 is 1.31. The molecule has 0 aliphatic heterocycles. The number of nitrogens with zero attached hydrogens (tertiary/aromatic N) is 1. The van der Waals surface area contributed by atoms with Gasteiger partial charge in [0.25, 0.3) is 0 Å². The van der Waals surface area contributed by atoms with Gasteiger partial charge in [-0.05, 0) is 57.8 Å². The minimum absolute atomic E-state index is 0.337. The van der Waals surface area contributed by atoms with Crippen molar-refractivity contribution in [1.82, 2.24) is 0 Å². The third kappa shape index (κ3) is 16.1. The fourth-order valence-corrected chi connectivity index (χ4v) is 4.19. The predicted octanol–water partition coefficient (Wildman–Crippen LogP) is 7.19. The molecule has 0 saturated carbocycles. The summed E-state index contributed by atoms with van der Waals surface area (Å²) in [5.74, 6) is -0.644. The van der Waals surface area contributed by atoms with Crippen LogP contribution >= 0.6 is 0 Å². The summed E-state index contributed by atoms with van der Waals surface area (Å²) in [5, 5.41) is 8.87. The van der Waals surface area contributed by atoms with Crippen LogP contribution in [-0.4, -0.2) is 41.7 Å². The van der Waals surface area contributed by atoms with Gasteiger partial charge in [0.05, 0.1) is 26.2 Å². The van der Waals surface area contributed by atoms with E-state index in [0.29, 0.717) is 6.42 Å². The first-order chi connectivity index (χ1) is 13.1. The molecule has 0 rings (SSSR count). The third-order valence-corrected chi connectivity index (χ3v) is 5.98. The van der Waals surface area contributed by atoms with Gasteiger partial charge >= 0.3 is 5.97 Å². The van der Waals surface area contributed by atoms with Gasteiger partial charge in [-0.3, -0.25) is 4.79 Å². The molecule has 0 unspecified atom stereocenters. The fourth-order valence-electron chi connectivity index (χ4n) is 4.19. The molecule has 0 fully saturated rings. The Morgan fingerprint density at radius 3 is 1.19 bits per heavy atom. The van der Waals surface area contributed by atoms with Gasteiger partial charge < -0.3 is 9.59 Å². The van der Waals surface area contributed by atoms with Crippen LogP contribution in [0.5, 0.6) is 0 Å². The van der Waals surface area contributed by atoms with Crippen molar-refractivity contribution >= 4 is 5.97 Å². The second-order valence-corrected chi connectivity index (χ2v) is 8.62. The summed E-state index contributed by atoms with van der Waals surface area (Å²) in [6.45, 7) is 12.2. The zero-order valence-electron chi connectivity index (χ0n) is 18.9. The van der Waals surface area contributed by atoms with Gasteiger partial charge in [-0.1, -0.05) is 59.3 Å². The standard InChI is InChI=1S/C24H49NO2/c1-4-7-10-15-20-25(21-16-11-8-5-2,22-17-12-9-6-3)23-18-13-14-19-24(26)27/h4-23H2,1-3H3/p+1. The molecule has 27 heavy (non-hydrogen) atoms. The second-order valence-electron chi connectivity index (χ2n) is 8.62. The second kappa shape index (κ2) is 18.8. The Morgan fingerprint density at radius 1 is 0.556 bits per heavy atom. The highest BCUT2D eigenvalue weighted by Crippen LogP contribution is 2.19. The minimum Gasteiger partial charge on any atom is -0.481 e. The summed E-state index contributed by atoms with van der Waals surface area (Å²) in [4.78, 5) is 10.8. The summed E-state index contributed by atoms with van der Waals surface area (Å²) in [6, 6.07) is 0. The van der Waals surface area contributed by atoms with Crippen LogP contribution in [0.4, 0.5) is 0 Å². The van der Waals surface area contributed by atoms with Crippen LogP contribution in [0.1, 0.15) is 124 Å². The number of carboxylic acid groups (broad SMARTS) is 1. The average molecular weight is 385 g/mol. The highest BCUT2D eigenvalue weighted by Gasteiger charge is 2.25. The van der Waals surface area contributed by atoms with E-state index in [2.05, 4.69) is 20.8 Å². The van der Waals surface area contributed by atoms with Crippen molar-refractivity contribution in [3.63, 3.8) is 0 Å². The van der Waals surface area contributed by atoms with E-state index in [1.54, 1.807) is 0 Å². The van der Waals surface area contributed by atoms with Crippen LogP contribution in [0.2, 0.25) is 0 Å². The molecule has 1 N–H and O–H groups in total.